The Morgan fingerprint density at radius 1 is 1.32 bits per heavy atom. The highest BCUT2D eigenvalue weighted by molar-refractivity contribution is 6.32. The molecule has 0 spiro atoms. The van der Waals surface area contributed by atoms with Crippen LogP contribution in [-0.4, -0.2) is 19.1 Å². The van der Waals surface area contributed by atoms with Crippen molar-refractivity contribution in [3.8, 4) is 5.75 Å². The minimum absolute atomic E-state index is 0.0268. The van der Waals surface area contributed by atoms with Gasteiger partial charge in [0.1, 0.15) is 5.75 Å². The number of ether oxygens (including phenoxy) is 1. The monoisotopic (exact) mass is 283 g/mol. The molecule has 4 heteroatoms. The van der Waals surface area contributed by atoms with Gasteiger partial charge in [-0.25, -0.2) is 0 Å². The zero-order valence-corrected chi connectivity index (χ0v) is 12.4. The molecule has 19 heavy (non-hydrogen) atoms. The molecule has 0 radical (unpaired) electrons. The Morgan fingerprint density at radius 2 is 2.00 bits per heavy atom. The summed E-state index contributed by atoms with van der Waals surface area (Å²) in [5, 5.41) is 3.50. The highest BCUT2D eigenvalue weighted by Crippen LogP contribution is 2.22. The Balaban J connectivity index is 2.22. The van der Waals surface area contributed by atoms with Crippen molar-refractivity contribution in [3.63, 3.8) is 0 Å². The minimum Gasteiger partial charge on any atom is -0.491 e. The first-order valence-corrected chi connectivity index (χ1v) is 7.19. The second-order valence-corrected chi connectivity index (χ2v) is 4.92. The molecule has 0 saturated heterocycles. The smallest absolute Gasteiger partial charge is 0.223 e. The Morgan fingerprint density at radius 3 is 2.63 bits per heavy atom. The number of hydrogen-bond donors (Lipinski definition) is 1. The second-order valence-electron chi connectivity index (χ2n) is 4.52. The van der Waals surface area contributed by atoms with Gasteiger partial charge in [-0.15, -0.1) is 0 Å². The summed E-state index contributed by atoms with van der Waals surface area (Å²) in [5.41, 5.74) is 0. The normalized spacial score (nSPS) is 10.5. The molecule has 1 amide bonds. The van der Waals surface area contributed by atoms with E-state index in [9.17, 15) is 4.79 Å². The lowest BCUT2D eigenvalue weighted by molar-refractivity contribution is -0.121. The average Bonchev–Trinajstić information content (AvgIpc) is 2.42. The van der Waals surface area contributed by atoms with Gasteiger partial charge in [-0.2, -0.15) is 0 Å². The van der Waals surface area contributed by atoms with Gasteiger partial charge in [-0.1, -0.05) is 50.4 Å². The number of halogens is 1. The summed E-state index contributed by atoms with van der Waals surface area (Å²) in [6.07, 6.45) is 2.53. The predicted molar refractivity (Wildman–Crippen MR) is 78.6 cm³/mol. The standard InChI is InChI=1S/C15H22ClNO2/c1-3-12(4-2)11-17-15(18)9-10-19-14-8-6-5-7-13(14)16/h5-8,12H,3-4,9-11H2,1-2H3,(H,17,18). The largest absolute Gasteiger partial charge is 0.491 e. The van der Waals surface area contributed by atoms with Crippen LogP contribution < -0.4 is 10.1 Å². The van der Waals surface area contributed by atoms with E-state index in [0.717, 1.165) is 19.4 Å². The molecule has 0 aromatic heterocycles. The van der Waals surface area contributed by atoms with Gasteiger partial charge in [-0.05, 0) is 18.1 Å². The number of carbonyl (C=O) groups excluding carboxylic acids is 1. The van der Waals surface area contributed by atoms with Crippen molar-refractivity contribution < 1.29 is 9.53 Å². The van der Waals surface area contributed by atoms with Gasteiger partial charge in [0.15, 0.2) is 0 Å². The number of hydrogen-bond acceptors (Lipinski definition) is 2. The van der Waals surface area contributed by atoms with Crippen molar-refractivity contribution in [2.75, 3.05) is 13.2 Å². The van der Waals surface area contributed by atoms with E-state index in [2.05, 4.69) is 19.2 Å². The van der Waals surface area contributed by atoms with Crippen molar-refractivity contribution in [2.24, 2.45) is 5.92 Å². The lowest BCUT2D eigenvalue weighted by Crippen LogP contribution is -2.29. The van der Waals surface area contributed by atoms with Crippen LogP contribution in [0.4, 0.5) is 0 Å². The number of amides is 1. The van der Waals surface area contributed by atoms with E-state index in [4.69, 9.17) is 16.3 Å². The van der Waals surface area contributed by atoms with Gasteiger partial charge in [0.25, 0.3) is 0 Å². The molecule has 106 valence electrons. The average molecular weight is 284 g/mol. The molecule has 0 atom stereocenters. The Labute approximate surface area is 120 Å². The van der Waals surface area contributed by atoms with Gasteiger partial charge >= 0.3 is 0 Å². The summed E-state index contributed by atoms with van der Waals surface area (Å²) >= 11 is 5.95. The highest BCUT2D eigenvalue weighted by atomic mass is 35.5. The third-order valence-corrected chi connectivity index (χ3v) is 3.48. The van der Waals surface area contributed by atoms with Crippen molar-refractivity contribution >= 4 is 17.5 Å². The van der Waals surface area contributed by atoms with Crippen LogP contribution in [0, 0.1) is 5.92 Å². The molecule has 3 nitrogen and oxygen atoms in total. The molecular weight excluding hydrogens is 262 g/mol. The van der Waals surface area contributed by atoms with Crippen LogP contribution in [0.2, 0.25) is 5.02 Å². The Bertz CT molecular complexity index is 391. The summed E-state index contributed by atoms with van der Waals surface area (Å²) in [4.78, 5) is 11.6. The van der Waals surface area contributed by atoms with Crippen molar-refractivity contribution in [3.05, 3.63) is 29.3 Å². The molecule has 1 N–H and O–H groups in total. The third-order valence-electron chi connectivity index (χ3n) is 3.17. The quantitative estimate of drug-likeness (QED) is 0.791. The van der Waals surface area contributed by atoms with Crippen molar-refractivity contribution in [1.82, 2.24) is 5.32 Å². The second kappa shape index (κ2) is 8.81. The zero-order chi connectivity index (χ0) is 14.1. The highest BCUT2D eigenvalue weighted by Gasteiger charge is 2.07. The lowest BCUT2D eigenvalue weighted by Gasteiger charge is -2.13. The maximum absolute atomic E-state index is 11.6. The first-order chi connectivity index (χ1) is 9.17. The maximum Gasteiger partial charge on any atom is 0.223 e. The molecule has 0 aliphatic rings. The van der Waals surface area contributed by atoms with E-state index in [1.165, 1.54) is 0 Å². The summed E-state index contributed by atoms with van der Waals surface area (Å²) < 4.78 is 5.47. The van der Waals surface area contributed by atoms with Gasteiger partial charge < -0.3 is 10.1 Å². The summed E-state index contributed by atoms with van der Waals surface area (Å²) in [6.45, 7) is 5.37. The fourth-order valence-electron chi connectivity index (χ4n) is 1.74. The Hall–Kier alpha value is -1.22. The topological polar surface area (TPSA) is 38.3 Å². The molecule has 0 aliphatic carbocycles. The van der Waals surface area contributed by atoms with Crippen LogP contribution in [0.25, 0.3) is 0 Å². The fourth-order valence-corrected chi connectivity index (χ4v) is 1.93. The van der Waals surface area contributed by atoms with Crippen LogP contribution in [0.3, 0.4) is 0 Å². The summed E-state index contributed by atoms with van der Waals surface area (Å²) in [7, 11) is 0. The van der Waals surface area contributed by atoms with Crippen LogP contribution in [0.15, 0.2) is 24.3 Å². The van der Waals surface area contributed by atoms with Crippen LogP contribution in [0.5, 0.6) is 5.75 Å². The summed E-state index contributed by atoms with van der Waals surface area (Å²) in [5.74, 6) is 1.21. The van der Waals surface area contributed by atoms with Gasteiger partial charge in [0, 0.05) is 6.54 Å². The first kappa shape index (κ1) is 15.8. The van der Waals surface area contributed by atoms with E-state index in [-0.39, 0.29) is 5.91 Å². The molecule has 0 unspecified atom stereocenters. The van der Waals surface area contributed by atoms with Gasteiger partial charge in [0.2, 0.25) is 5.91 Å². The Kier molecular flexibility index (Phi) is 7.34. The van der Waals surface area contributed by atoms with E-state index in [1.807, 2.05) is 12.1 Å². The minimum atomic E-state index is 0.0268. The lowest BCUT2D eigenvalue weighted by atomic mass is 10.0. The molecule has 0 aliphatic heterocycles. The van der Waals surface area contributed by atoms with Crippen molar-refractivity contribution in [1.29, 1.82) is 0 Å². The molecule has 1 aromatic carbocycles. The SMILES string of the molecule is CCC(CC)CNC(=O)CCOc1ccccc1Cl. The number of carbonyl (C=O) groups is 1. The number of benzene rings is 1. The molecule has 1 aromatic rings. The number of rotatable bonds is 8. The molecule has 1 rings (SSSR count). The maximum atomic E-state index is 11.6. The van der Waals surface area contributed by atoms with Crippen LogP contribution in [0.1, 0.15) is 33.1 Å². The van der Waals surface area contributed by atoms with Crippen LogP contribution >= 0.6 is 11.6 Å². The van der Waals surface area contributed by atoms with E-state index >= 15 is 0 Å². The zero-order valence-electron chi connectivity index (χ0n) is 11.6. The predicted octanol–water partition coefficient (Wildman–Crippen LogP) is 3.66. The van der Waals surface area contributed by atoms with E-state index in [0.29, 0.717) is 29.7 Å². The molecule has 0 saturated carbocycles. The van der Waals surface area contributed by atoms with Gasteiger partial charge in [0.05, 0.1) is 18.1 Å². The first-order valence-electron chi connectivity index (χ1n) is 6.81. The fraction of sp³-hybridized carbons (Fsp3) is 0.533. The van der Waals surface area contributed by atoms with E-state index < -0.39 is 0 Å². The van der Waals surface area contributed by atoms with Crippen LogP contribution in [-0.2, 0) is 4.79 Å². The molecule has 0 heterocycles. The number of nitrogens with one attached hydrogen (secondary N) is 1. The molecule has 0 bridgehead atoms. The molecular formula is C15H22ClNO2. The van der Waals surface area contributed by atoms with Crippen molar-refractivity contribution in [2.45, 2.75) is 33.1 Å². The molecule has 0 fully saturated rings. The third kappa shape index (κ3) is 5.97. The summed E-state index contributed by atoms with van der Waals surface area (Å²) in [6, 6.07) is 7.26. The van der Waals surface area contributed by atoms with E-state index in [1.54, 1.807) is 12.1 Å². The number of para-hydroxylation sites is 1. The van der Waals surface area contributed by atoms with Gasteiger partial charge in [-0.3, -0.25) is 4.79 Å².